The van der Waals surface area contributed by atoms with Crippen molar-refractivity contribution in [3.8, 4) is 0 Å². The second-order valence-corrected chi connectivity index (χ2v) is 9.67. The number of amides is 1. The van der Waals surface area contributed by atoms with Crippen LogP contribution in [0.5, 0.6) is 0 Å². The Bertz CT molecular complexity index is 1150. The Labute approximate surface area is 179 Å². The van der Waals surface area contributed by atoms with E-state index in [-0.39, 0.29) is 17.2 Å². The monoisotopic (exact) mass is 451 g/mol. The van der Waals surface area contributed by atoms with E-state index in [2.05, 4.69) is 9.71 Å². The third kappa shape index (κ3) is 4.71. The lowest BCUT2D eigenvalue weighted by atomic mass is 10.2. The zero-order chi connectivity index (χ0) is 21.2. The standard InChI is InChI=1S/C20H22ClN3O3S2/c1-4-24(5-2)20(25)12-19-22-16-10-9-14(11-17(16)28-19)23-29(26,27)18-8-6-7-15(21)13(18)3/h6-11,23H,4-5,12H2,1-3H3. The average Bonchev–Trinajstić information content (AvgIpc) is 3.05. The zero-order valence-corrected chi connectivity index (χ0v) is 18.8. The lowest BCUT2D eigenvalue weighted by Gasteiger charge is -2.17. The molecule has 1 amide bonds. The molecule has 1 aromatic heterocycles. The van der Waals surface area contributed by atoms with Crippen LogP contribution in [0.4, 0.5) is 5.69 Å². The van der Waals surface area contributed by atoms with Crippen molar-refractivity contribution in [2.24, 2.45) is 0 Å². The number of fused-ring (bicyclic) bond motifs is 1. The number of carbonyl (C=O) groups excluding carboxylic acids is 1. The van der Waals surface area contributed by atoms with Gasteiger partial charge in [0.15, 0.2) is 0 Å². The summed E-state index contributed by atoms with van der Waals surface area (Å²) >= 11 is 7.45. The lowest BCUT2D eigenvalue weighted by Crippen LogP contribution is -2.31. The zero-order valence-electron chi connectivity index (χ0n) is 16.4. The van der Waals surface area contributed by atoms with Crippen molar-refractivity contribution in [3.05, 3.63) is 52.0 Å². The number of halogens is 1. The molecule has 6 nitrogen and oxygen atoms in total. The Morgan fingerprint density at radius 1 is 1.21 bits per heavy atom. The van der Waals surface area contributed by atoms with Gasteiger partial charge in [-0.3, -0.25) is 9.52 Å². The van der Waals surface area contributed by atoms with Crippen molar-refractivity contribution in [1.82, 2.24) is 9.88 Å². The molecule has 0 fully saturated rings. The summed E-state index contributed by atoms with van der Waals surface area (Å²) in [4.78, 5) is 18.7. The molecule has 29 heavy (non-hydrogen) atoms. The molecular weight excluding hydrogens is 430 g/mol. The smallest absolute Gasteiger partial charge is 0.262 e. The number of nitrogens with one attached hydrogen (secondary N) is 1. The minimum absolute atomic E-state index is 0.0337. The third-order valence-electron chi connectivity index (χ3n) is 4.61. The van der Waals surface area contributed by atoms with E-state index in [0.717, 1.165) is 10.2 Å². The van der Waals surface area contributed by atoms with E-state index in [9.17, 15) is 13.2 Å². The minimum Gasteiger partial charge on any atom is -0.343 e. The number of sulfonamides is 1. The van der Waals surface area contributed by atoms with Crippen molar-refractivity contribution in [2.45, 2.75) is 32.1 Å². The molecule has 0 spiro atoms. The molecule has 0 aliphatic carbocycles. The molecule has 0 aliphatic heterocycles. The van der Waals surface area contributed by atoms with Crippen LogP contribution in [-0.2, 0) is 21.2 Å². The van der Waals surface area contributed by atoms with E-state index in [4.69, 9.17) is 11.6 Å². The summed E-state index contributed by atoms with van der Waals surface area (Å²) in [7, 11) is -3.78. The molecule has 1 heterocycles. The fraction of sp³-hybridized carbons (Fsp3) is 0.300. The molecule has 0 radical (unpaired) electrons. The maximum absolute atomic E-state index is 12.8. The number of anilines is 1. The Kier molecular flexibility index (Phi) is 6.45. The van der Waals surface area contributed by atoms with Crippen LogP contribution < -0.4 is 4.72 Å². The molecule has 0 saturated carbocycles. The number of rotatable bonds is 7. The van der Waals surface area contributed by atoms with Gasteiger partial charge in [0.2, 0.25) is 5.91 Å². The van der Waals surface area contributed by atoms with Crippen LogP contribution in [0.1, 0.15) is 24.4 Å². The van der Waals surface area contributed by atoms with Crippen LogP contribution in [0.15, 0.2) is 41.3 Å². The van der Waals surface area contributed by atoms with Gasteiger partial charge in [-0.25, -0.2) is 13.4 Å². The number of aromatic nitrogens is 1. The number of nitrogens with zero attached hydrogens (tertiary/aromatic N) is 2. The summed E-state index contributed by atoms with van der Waals surface area (Å²) in [6.07, 6.45) is 0.240. The first-order valence-corrected chi connectivity index (χ1v) is 11.9. The number of hydrogen-bond donors (Lipinski definition) is 1. The van der Waals surface area contributed by atoms with Crippen LogP contribution in [0, 0.1) is 6.92 Å². The molecule has 3 aromatic rings. The average molecular weight is 452 g/mol. The topological polar surface area (TPSA) is 79.4 Å². The fourth-order valence-corrected chi connectivity index (χ4v) is 5.56. The molecular formula is C20H22ClN3O3S2. The van der Waals surface area contributed by atoms with Crippen LogP contribution in [0.2, 0.25) is 5.02 Å². The molecule has 154 valence electrons. The first kappa shape index (κ1) is 21.5. The van der Waals surface area contributed by atoms with Gasteiger partial charge in [-0.1, -0.05) is 17.7 Å². The number of benzene rings is 2. The van der Waals surface area contributed by atoms with Crippen LogP contribution in [-0.4, -0.2) is 37.3 Å². The van der Waals surface area contributed by atoms with Crippen molar-refractivity contribution >= 4 is 54.8 Å². The summed E-state index contributed by atoms with van der Waals surface area (Å²) in [5, 5.41) is 1.11. The fourth-order valence-electron chi connectivity index (χ4n) is 3.02. The van der Waals surface area contributed by atoms with Gasteiger partial charge in [-0.05, 0) is 56.7 Å². The van der Waals surface area contributed by atoms with Crippen molar-refractivity contribution < 1.29 is 13.2 Å². The maximum Gasteiger partial charge on any atom is 0.262 e. The van der Waals surface area contributed by atoms with Crippen molar-refractivity contribution in [2.75, 3.05) is 17.8 Å². The van der Waals surface area contributed by atoms with Crippen LogP contribution in [0.25, 0.3) is 10.2 Å². The summed E-state index contributed by atoms with van der Waals surface area (Å²) in [6.45, 7) is 6.88. The molecule has 0 atom stereocenters. The molecule has 0 saturated heterocycles. The first-order valence-electron chi connectivity index (χ1n) is 9.20. The predicted octanol–water partition coefficient (Wildman–Crippen LogP) is 4.47. The van der Waals surface area contributed by atoms with Gasteiger partial charge in [-0.2, -0.15) is 0 Å². The Hall–Kier alpha value is -2.16. The molecule has 1 N–H and O–H groups in total. The third-order valence-corrected chi connectivity index (χ3v) is 7.56. The van der Waals surface area contributed by atoms with Gasteiger partial charge in [0.25, 0.3) is 10.0 Å². The van der Waals surface area contributed by atoms with Gasteiger partial charge in [0.05, 0.1) is 27.2 Å². The van der Waals surface area contributed by atoms with Gasteiger partial charge in [0, 0.05) is 18.1 Å². The Balaban J connectivity index is 1.85. The summed E-state index contributed by atoms with van der Waals surface area (Å²) in [6, 6.07) is 9.92. The molecule has 9 heteroatoms. The Morgan fingerprint density at radius 3 is 2.62 bits per heavy atom. The highest BCUT2D eigenvalue weighted by Crippen LogP contribution is 2.29. The maximum atomic E-state index is 12.8. The number of thiazole rings is 1. The first-order chi connectivity index (χ1) is 13.7. The van der Waals surface area contributed by atoms with E-state index in [1.54, 1.807) is 42.2 Å². The van der Waals surface area contributed by atoms with E-state index >= 15 is 0 Å². The van der Waals surface area contributed by atoms with E-state index in [1.807, 2.05) is 13.8 Å². The molecule has 0 bridgehead atoms. The Morgan fingerprint density at radius 2 is 1.93 bits per heavy atom. The second kappa shape index (κ2) is 8.69. The highest BCUT2D eigenvalue weighted by molar-refractivity contribution is 7.92. The highest BCUT2D eigenvalue weighted by atomic mass is 35.5. The predicted molar refractivity (Wildman–Crippen MR) is 118 cm³/mol. The minimum atomic E-state index is -3.78. The van der Waals surface area contributed by atoms with Crippen molar-refractivity contribution in [1.29, 1.82) is 0 Å². The van der Waals surface area contributed by atoms with Gasteiger partial charge >= 0.3 is 0 Å². The van der Waals surface area contributed by atoms with Gasteiger partial charge < -0.3 is 4.90 Å². The molecule has 0 unspecified atom stereocenters. The van der Waals surface area contributed by atoms with Crippen LogP contribution >= 0.6 is 22.9 Å². The van der Waals surface area contributed by atoms with E-state index in [0.29, 0.717) is 34.4 Å². The largest absolute Gasteiger partial charge is 0.343 e. The number of hydrogen-bond acceptors (Lipinski definition) is 5. The molecule has 0 aliphatic rings. The summed E-state index contributed by atoms with van der Waals surface area (Å²) < 4.78 is 29.0. The van der Waals surface area contributed by atoms with Crippen LogP contribution in [0.3, 0.4) is 0 Å². The quantitative estimate of drug-likeness (QED) is 0.574. The van der Waals surface area contributed by atoms with E-state index in [1.165, 1.54) is 17.4 Å². The summed E-state index contributed by atoms with van der Waals surface area (Å²) in [5.41, 5.74) is 1.67. The highest BCUT2D eigenvalue weighted by Gasteiger charge is 2.19. The number of carbonyl (C=O) groups is 1. The normalized spacial score (nSPS) is 11.6. The van der Waals surface area contributed by atoms with E-state index < -0.39 is 10.0 Å². The van der Waals surface area contributed by atoms with Gasteiger partial charge in [0.1, 0.15) is 5.01 Å². The number of likely N-dealkylation sites (N-methyl/N-ethyl adjacent to an activating group) is 1. The van der Waals surface area contributed by atoms with Crippen molar-refractivity contribution in [3.63, 3.8) is 0 Å². The second-order valence-electron chi connectivity index (χ2n) is 6.50. The lowest BCUT2D eigenvalue weighted by molar-refractivity contribution is -0.130. The summed E-state index contributed by atoms with van der Waals surface area (Å²) in [5.74, 6) is 0.0337. The van der Waals surface area contributed by atoms with Gasteiger partial charge in [-0.15, -0.1) is 11.3 Å². The SMILES string of the molecule is CCN(CC)C(=O)Cc1nc2ccc(NS(=O)(=O)c3cccc(Cl)c3C)cc2s1. The molecule has 3 rings (SSSR count). The molecule has 2 aromatic carbocycles.